The number of furan rings is 1. The van der Waals surface area contributed by atoms with Gasteiger partial charge in [-0.1, -0.05) is 6.92 Å². The normalized spacial score (nSPS) is 11.2. The van der Waals surface area contributed by atoms with Gasteiger partial charge in [-0.3, -0.25) is 0 Å². The Morgan fingerprint density at radius 2 is 1.85 bits per heavy atom. The lowest BCUT2D eigenvalue weighted by Crippen LogP contribution is -1.91. The summed E-state index contributed by atoms with van der Waals surface area (Å²) >= 11 is 0. The molecule has 0 atom stereocenters. The fraction of sp³-hybridized carbons (Fsp3) is 0.250. The molecular formula is C16H16O4. The van der Waals surface area contributed by atoms with E-state index in [4.69, 9.17) is 13.9 Å². The molecule has 0 saturated carbocycles. The standard InChI is InChI=1S/C16H16O4/c1-4-9-7-12-14(20-9)8-11-10(15(12)17)5-6-13(18-2)16(11)19-3/h5-8,17H,4H2,1-3H3. The quantitative estimate of drug-likeness (QED) is 0.786. The maximum Gasteiger partial charge on any atom is 0.168 e. The number of hydrogen-bond acceptors (Lipinski definition) is 4. The lowest BCUT2D eigenvalue weighted by Gasteiger charge is -2.11. The third-order valence-electron chi connectivity index (χ3n) is 3.53. The van der Waals surface area contributed by atoms with E-state index in [0.717, 1.165) is 28.3 Å². The largest absolute Gasteiger partial charge is 0.507 e. The van der Waals surface area contributed by atoms with E-state index in [9.17, 15) is 5.11 Å². The Labute approximate surface area is 116 Å². The Kier molecular flexibility index (Phi) is 2.93. The minimum absolute atomic E-state index is 0.210. The topological polar surface area (TPSA) is 51.8 Å². The van der Waals surface area contributed by atoms with Crippen LogP contribution in [0.4, 0.5) is 0 Å². The molecule has 20 heavy (non-hydrogen) atoms. The number of benzene rings is 2. The maximum atomic E-state index is 10.4. The van der Waals surface area contributed by atoms with E-state index in [-0.39, 0.29) is 5.75 Å². The van der Waals surface area contributed by atoms with Gasteiger partial charge in [-0.25, -0.2) is 0 Å². The van der Waals surface area contributed by atoms with Crippen LogP contribution in [0, 0.1) is 0 Å². The van der Waals surface area contributed by atoms with Crippen molar-refractivity contribution in [2.24, 2.45) is 0 Å². The zero-order valence-electron chi connectivity index (χ0n) is 11.7. The Balaban J connectivity index is 2.44. The monoisotopic (exact) mass is 272 g/mol. The summed E-state index contributed by atoms with van der Waals surface area (Å²) in [5.74, 6) is 2.27. The predicted molar refractivity (Wildman–Crippen MR) is 77.9 cm³/mol. The summed E-state index contributed by atoms with van der Waals surface area (Å²) in [6.45, 7) is 2.01. The molecule has 0 saturated heterocycles. The summed E-state index contributed by atoms with van der Waals surface area (Å²) in [5, 5.41) is 12.7. The van der Waals surface area contributed by atoms with Crippen LogP contribution < -0.4 is 9.47 Å². The number of hydrogen-bond donors (Lipinski definition) is 1. The summed E-state index contributed by atoms with van der Waals surface area (Å²) in [4.78, 5) is 0. The minimum atomic E-state index is 0.210. The van der Waals surface area contributed by atoms with Gasteiger partial charge in [0, 0.05) is 17.2 Å². The first-order chi connectivity index (χ1) is 9.69. The second-order valence-corrected chi connectivity index (χ2v) is 4.60. The molecule has 104 valence electrons. The zero-order chi connectivity index (χ0) is 14.3. The highest BCUT2D eigenvalue weighted by Gasteiger charge is 2.16. The third-order valence-corrected chi connectivity index (χ3v) is 3.53. The second-order valence-electron chi connectivity index (χ2n) is 4.60. The molecule has 0 amide bonds. The molecule has 3 rings (SSSR count). The molecule has 1 heterocycles. The van der Waals surface area contributed by atoms with Crippen LogP contribution in [0.5, 0.6) is 17.2 Å². The van der Waals surface area contributed by atoms with Crippen LogP contribution in [-0.2, 0) is 6.42 Å². The molecule has 0 aliphatic carbocycles. The number of rotatable bonds is 3. The molecule has 3 aromatic rings. The molecule has 4 nitrogen and oxygen atoms in total. The van der Waals surface area contributed by atoms with Crippen LogP contribution in [0.25, 0.3) is 21.7 Å². The van der Waals surface area contributed by atoms with Crippen molar-refractivity contribution in [1.82, 2.24) is 0 Å². The van der Waals surface area contributed by atoms with Crippen LogP contribution >= 0.6 is 0 Å². The summed E-state index contributed by atoms with van der Waals surface area (Å²) in [7, 11) is 3.17. The fourth-order valence-electron chi connectivity index (χ4n) is 2.50. The van der Waals surface area contributed by atoms with E-state index in [1.54, 1.807) is 20.3 Å². The SMILES string of the molecule is CCc1cc2c(O)c3ccc(OC)c(OC)c3cc2o1. The summed E-state index contributed by atoms with van der Waals surface area (Å²) in [6, 6.07) is 7.36. The van der Waals surface area contributed by atoms with E-state index < -0.39 is 0 Å². The molecule has 4 heteroatoms. The molecule has 0 fully saturated rings. The molecule has 0 radical (unpaired) electrons. The molecule has 2 aromatic carbocycles. The van der Waals surface area contributed by atoms with Crippen molar-refractivity contribution in [3.63, 3.8) is 0 Å². The molecule has 0 spiro atoms. The Bertz CT molecular complexity index is 786. The summed E-state index contributed by atoms with van der Waals surface area (Å²) < 4.78 is 16.4. The van der Waals surface area contributed by atoms with Gasteiger partial charge >= 0.3 is 0 Å². The van der Waals surface area contributed by atoms with Crippen molar-refractivity contribution in [3.8, 4) is 17.2 Å². The molecule has 0 aliphatic rings. The van der Waals surface area contributed by atoms with Gasteiger partial charge in [0.2, 0.25) is 0 Å². The van der Waals surface area contributed by atoms with Crippen molar-refractivity contribution >= 4 is 21.7 Å². The van der Waals surface area contributed by atoms with E-state index >= 15 is 0 Å². The predicted octanol–water partition coefficient (Wildman–Crippen LogP) is 3.87. The van der Waals surface area contributed by atoms with Gasteiger partial charge < -0.3 is 19.0 Å². The van der Waals surface area contributed by atoms with Crippen LogP contribution in [0.15, 0.2) is 28.7 Å². The molecule has 1 aromatic heterocycles. The van der Waals surface area contributed by atoms with Gasteiger partial charge in [0.05, 0.1) is 19.6 Å². The van der Waals surface area contributed by atoms with Crippen molar-refractivity contribution < 1.29 is 19.0 Å². The molecule has 0 unspecified atom stereocenters. The molecule has 0 bridgehead atoms. The summed E-state index contributed by atoms with van der Waals surface area (Å²) in [5.41, 5.74) is 0.651. The van der Waals surface area contributed by atoms with Crippen molar-refractivity contribution in [2.75, 3.05) is 14.2 Å². The Morgan fingerprint density at radius 1 is 1.05 bits per heavy atom. The highest BCUT2D eigenvalue weighted by molar-refractivity contribution is 6.06. The Morgan fingerprint density at radius 3 is 2.50 bits per heavy atom. The number of phenols is 1. The number of aromatic hydroxyl groups is 1. The van der Waals surface area contributed by atoms with Gasteiger partial charge in [0.1, 0.15) is 17.1 Å². The lowest BCUT2D eigenvalue weighted by atomic mass is 10.0. The average molecular weight is 272 g/mol. The van der Waals surface area contributed by atoms with Crippen LogP contribution in [0.2, 0.25) is 0 Å². The van der Waals surface area contributed by atoms with Crippen molar-refractivity contribution in [3.05, 3.63) is 30.0 Å². The average Bonchev–Trinajstić information content (AvgIpc) is 2.89. The smallest absolute Gasteiger partial charge is 0.168 e. The second kappa shape index (κ2) is 4.63. The maximum absolute atomic E-state index is 10.4. The van der Waals surface area contributed by atoms with Crippen molar-refractivity contribution in [2.45, 2.75) is 13.3 Å². The van der Waals surface area contributed by atoms with Gasteiger partial charge in [-0.15, -0.1) is 0 Å². The van der Waals surface area contributed by atoms with E-state index in [0.29, 0.717) is 17.1 Å². The van der Waals surface area contributed by atoms with Gasteiger partial charge in [-0.05, 0) is 24.3 Å². The lowest BCUT2D eigenvalue weighted by molar-refractivity contribution is 0.358. The van der Waals surface area contributed by atoms with E-state index in [2.05, 4.69) is 0 Å². The number of phenolic OH excluding ortho intramolecular Hbond substituents is 1. The van der Waals surface area contributed by atoms with Crippen molar-refractivity contribution in [1.29, 1.82) is 0 Å². The first kappa shape index (κ1) is 12.7. The fourth-order valence-corrected chi connectivity index (χ4v) is 2.50. The van der Waals surface area contributed by atoms with Crippen LogP contribution in [-0.4, -0.2) is 19.3 Å². The third kappa shape index (κ3) is 1.68. The number of ether oxygens (including phenoxy) is 2. The first-order valence-electron chi connectivity index (χ1n) is 6.48. The van der Waals surface area contributed by atoms with E-state index in [1.165, 1.54) is 0 Å². The van der Waals surface area contributed by atoms with Gasteiger partial charge in [0.25, 0.3) is 0 Å². The van der Waals surface area contributed by atoms with E-state index in [1.807, 2.05) is 25.1 Å². The Hall–Kier alpha value is -2.36. The van der Waals surface area contributed by atoms with Crippen LogP contribution in [0.1, 0.15) is 12.7 Å². The first-order valence-corrected chi connectivity index (χ1v) is 6.48. The minimum Gasteiger partial charge on any atom is -0.507 e. The van der Waals surface area contributed by atoms with Crippen LogP contribution in [0.3, 0.4) is 0 Å². The molecule has 1 N–H and O–H groups in total. The molecular weight excluding hydrogens is 256 g/mol. The molecule has 0 aliphatic heterocycles. The number of aryl methyl sites for hydroxylation is 1. The zero-order valence-corrected chi connectivity index (χ0v) is 11.7. The highest BCUT2D eigenvalue weighted by atomic mass is 16.5. The highest BCUT2D eigenvalue weighted by Crippen LogP contribution is 2.43. The van der Waals surface area contributed by atoms with Gasteiger partial charge in [0.15, 0.2) is 11.5 Å². The number of methoxy groups -OCH3 is 2. The number of fused-ring (bicyclic) bond motifs is 2. The van der Waals surface area contributed by atoms with Gasteiger partial charge in [-0.2, -0.15) is 0 Å². The summed E-state index contributed by atoms with van der Waals surface area (Å²) in [6.07, 6.45) is 0.783.